The zero-order valence-electron chi connectivity index (χ0n) is 10.3. The molecule has 1 unspecified atom stereocenters. The van der Waals surface area contributed by atoms with Crippen LogP contribution in [0.4, 0.5) is 5.69 Å². The number of hydrogen-bond acceptors (Lipinski definition) is 6. The number of morpholine rings is 1. The lowest BCUT2D eigenvalue weighted by Crippen LogP contribution is -2.45. The summed E-state index contributed by atoms with van der Waals surface area (Å²) in [6.45, 7) is 3.07. The van der Waals surface area contributed by atoms with Crippen LogP contribution in [-0.4, -0.2) is 50.4 Å². The van der Waals surface area contributed by atoms with Crippen LogP contribution < -0.4 is 10.6 Å². The second-order valence-electron chi connectivity index (χ2n) is 4.03. The minimum Gasteiger partial charge on any atom is -0.464 e. The van der Waals surface area contributed by atoms with Gasteiger partial charge in [-0.1, -0.05) is 0 Å². The third kappa shape index (κ3) is 3.41. The van der Waals surface area contributed by atoms with Crippen LogP contribution in [0.25, 0.3) is 0 Å². The SMILES string of the molecule is COC(=O)c1cc(NCC2COCCN2)ccn1. The van der Waals surface area contributed by atoms with Gasteiger partial charge >= 0.3 is 5.97 Å². The first kappa shape index (κ1) is 12.8. The van der Waals surface area contributed by atoms with Crippen molar-refractivity contribution in [1.82, 2.24) is 10.3 Å². The zero-order chi connectivity index (χ0) is 12.8. The van der Waals surface area contributed by atoms with E-state index < -0.39 is 5.97 Å². The molecule has 1 atom stereocenters. The molecule has 0 amide bonds. The highest BCUT2D eigenvalue weighted by Gasteiger charge is 2.13. The number of ether oxygens (including phenoxy) is 2. The number of esters is 1. The molecule has 18 heavy (non-hydrogen) atoms. The van der Waals surface area contributed by atoms with Crippen molar-refractivity contribution in [2.75, 3.05) is 38.7 Å². The Morgan fingerprint density at radius 2 is 2.61 bits per heavy atom. The number of nitrogens with zero attached hydrogens (tertiary/aromatic N) is 1. The number of carbonyl (C=O) groups excluding carboxylic acids is 1. The van der Waals surface area contributed by atoms with Gasteiger partial charge in [0.25, 0.3) is 0 Å². The van der Waals surface area contributed by atoms with Gasteiger partial charge in [-0.3, -0.25) is 0 Å². The maximum absolute atomic E-state index is 11.3. The summed E-state index contributed by atoms with van der Waals surface area (Å²) in [4.78, 5) is 15.3. The van der Waals surface area contributed by atoms with E-state index >= 15 is 0 Å². The number of hydrogen-bond donors (Lipinski definition) is 2. The van der Waals surface area contributed by atoms with Crippen molar-refractivity contribution in [2.24, 2.45) is 0 Å². The fourth-order valence-corrected chi connectivity index (χ4v) is 1.75. The van der Waals surface area contributed by atoms with E-state index in [9.17, 15) is 4.79 Å². The lowest BCUT2D eigenvalue weighted by molar-refractivity contribution is 0.0594. The highest BCUT2D eigenvalue weighted by Crippen LogP contribution is 2.09. The van der Waals surface area contributed by atoms with Gasteiger partial charge in [0, 0.05) is 31.0 Å². The molecule has 2 rings (SSSR count). The van der Waals surface area contributed by atoms with Crippen LogP contribution in [0.15, 0.2) is 18.3 Å². The van der Waals surface area contributed by atoms with Crippen molar-refractivity contribution in [1.29, 1.82) is 0 Å². The summed E-state index contributed by atoms with van der Waals surface area (Å²) in [7, 11) is 1.34. The van der Waals surface area contributed by atoms with E-state index in [-0.39, 0.29) is 6.04 Å². The Bertz CT molecular complexity index is 405. The number of carbonyl (C=O) groups is 1. The molecule has 1 aliphatic rings. The minimum absolute atomic E-state index is 0.286. The van der Waals surface area contributed by atoms with E-state index in [0.717, 1.165) is 25.4 Å². The minimum atomic E-state index is -0.433. The van der Waals surface area contributed by atoms with Crippen LogP contribution in [-0.2, 0) is 9.47 Å². The molecule has 0 saturated carbocycles. The van der Waals surface area contributed by atoms with Crippen LogP contribution in [0.3, 0.4) is 0 Å². The summed E-state index contributed by atoms with van der Waals surface area (Å²) in [5.74, 6) is -0.433. The standard InChI is InChI=1S/C12H17N3O3/c1-17-12(16)11-6-9(2-3-14-11)15-7-10-8-18-5-4-13-10/h2-3,6,10,13H,4-5,7-8H2,1H3,(H,14,15). The van der Waals surface area contributed by atoms with Crippen molar-refractivity contribution in [2.45, 2.75) is 6.04 Å². The molecule has 98 valence electrons. The normalized spacial score (nSPS) is 19.3. The average molecular weight is 251 g/mol. The summed E-state index contributed by atoms with van der Waals surface area (Å²) in [5, 5.41) is 6.59. The summed E-state index contributed by atoms with van der Waals surface area (Å²) < 4.78 is 9.99. The Morgan fingerprint density at radius 1 is 1.72 bits per heavy atom. The van der Waals surface area contributed by atoms with E-state index in [2.05, 4.69) is 20.4 Å². The number of rotatable bonds is 4. The Labute approximate surface area is 106 Å². The third-order valence-electron chi connectivity index (χ3n) is 2.71. The third-order valence-corrected chi connectivity index (χ3v) is 2.71. The van der Waals surface area contributed by atoms with E-state index in [1.165, 1.54) is 7.11 Å². The highest BCUT2D eigenvalue weighted by molar-refractivity contribution is 5.88. The van der Waals surface area contributed by atoms with Crippen LogP contribution in [0.2, 0.25) is 0 Å². The predicted molar refractivity (Wildman–Crippen MR) is 66.7 cm³/mol. The van der Waals surface area contributed by atoms with Crippen LogP contribution in [0.5, 0.6) is 0 Å². The molecule has 0 aromatic carbocycles. The summed E-state index contributed by atoms with van der Waals surface area (Å²) >= 11 is 0. The molecule has 2 heterocycles. The molecule has 1 aromatic heterocycles. The highest BCUT2D eigenvalue weighted by atomic mass is 16.5. The molecule has 1 aliphatic heterocycles. The van der Waals surface area contributed by atoms with Gasteiger partial charge in [-0.15, -0.1) is 0 Å². The first-order valence-electron chi connectivity index (χ1n) is 5.89. The fourth-order valence-electron chi connectivity index (χ4n) is 1.75. The molecule has 0 aliphatic carbocycles. The quantitative estimate of drug-likeness (QED) is 0.748. The Morgan fingerprint density at radius 3 is 3.33 bits per heavy atom. The Kier molecular flexibility index (Phi) is 4.49. The van der Waals surface area contributed by atoms with E-state index in [1.807, 2.05) is 6.07 Å². The number of methoxy groups -OCH3 is 1. The van der Waals surface area contributed by atoms with Gasteiger partial charge < -0.3 is 20.1 Å². The van der Waals surface area contributed by atoms with E-state index in [4.69, 9.17) is 4.74 Å². The summed E-state index contributed by atoms with van der Waals surface area (Å²) in [5.41, 5.74) is 1.15. The van der Waals surface area contributed by atoms with Crippen molar-refractivity contribution >= 4 is 11.7 Å². The zero-order valence-corrected chi connectivity index (χ0v) is 10.3. The van der Waals surface area contributed by atoms with Crippen molar-refractivity contribution < 1.29 is 14.3 Å². The number of aromatic nitrogens is 1. The molecule has 0 radical (unpaired) electrons. The molecule has 2 N–H and O–H groups in total. The van der Waals surface area contributed by atoms with Gasteiger partial charge in [0.05, 0.1) is 20.3 Å². The van der Waals surface area contributed by atoms with Crippen LogP contribution in [0, 0.1) is 0 Å². The van der Waals surface area contributed by atoms with Gasteiger partial charge in [-0.25, -0.2) is 9.78 Å². The smallest absolute Gasteiger partial charge is 0.356 e. The average Bonchev–Trinajstić information content (AvgIpc) is 2.45. The first-order valence-corrected chi connectivity index (χ1v) is 5.89. The molecular weight excluding hydrogens is 234 g/mol. The molecule has 0 spiro atoms. The molecule has 0 bridgehead atoms. The first-order chi connectivity index (χ1) is 8.79. The van der Waals surface area contributed by atoms with Gasteiger partial charge in [0.1, 0.15) is 5.69 Å². The maximum atomic E-state index is 11.3. The van der Waals surface area contributed by atoms with Crippen LogP contribution >= 0.6 is 0 Å². The number of anilines is 1. The molecular formula is C12H17N3O3. The summed E-state index contributed by atoms with van der Waals surface area (Å²) in [6.07, 6.45) is 1.58. The number of pyridine rings is 1. The Hall–Kier alpha value is -1.66. The van der Waals surface area contributed by atoms with Crippen molar-refractivity contribution in [3.8, 4) is 0 Å². The molecule has 1 fully saturated rings. The topological polar surface area (TPSA) is 72.5 Å². The van der Waals surface area contributed by atoms with Crippen molar-refractivity contribution in [3.63, 3.8) is 0 Å². The number of nitrogens with one attached hydrogen (secondary N) is 2. The second-order valence-corrected chi connectivity index (χ2v) is 4.03. The Balaban J connectivity index is 1.90. The van der Waals surface area contributed by atoms with Gasteiger partial charge in [0.2, 0.25) is 0 Å². The molecule has 1 saturated heterocycles. The van der Waals surface area contributed by atoms with Gasteiger partial charge in [-0.2, -0.15) is 0 Å². The van der Waals surface area contributed by atoms with E-state index in [0.29, 0.717) is 12.3 Å². The monoisotopic (exact) mass is 251 g/mol. The summed E-state index contributed by atoms with van der Waals surface area (Å²) in [6, 6.07) is 3.78. The lowest BCUT2D eigenvalue weighted by atomic mass is 10.2. The molecule has 6 heteroatoms. The lowest BCUT2D eigenvalue weighted by Gasteiger charge is -2.24. The maximum Gasteiger partial charge on any atom is 0.356 e. The molecule has 1 aromatic rings. The van der Waals surface area contributed by atoms with E-state index in [1.54, 1.807) is 12.3 Å². The van der Waals surface area contributed by atoms with Gasteiger partial charge in [-0.05, 0) is 12.1 Å². The fraction of sp³-hybridized carbons (Fsp3) is 0.500. The molecule has 6 nitrogen and oxygen atoms in total. The van der Waals surface area contributed by atoms with Crippen molar-refractivity contribution in [3.05, 3.63) is 24.0 Å². The predicted octanol–water partition coefficient (Wildman–Crippen LogP) is 0.268. The van der Waals surface area contributed by atoms with Gasteiger partial charge in [0.15, 0.2) is 0 Å². The second kappa shape index (κ2) is 6.32. The van der Waals surface area contributed by atoms with Crippen LogP contribution in [0.1, 0.15) is 10.5 Å². The largest absolute Gasteiger partial charge is 0.464 e.